The first-order valence-electron chi connectivity index (χ1n) is 6.45. The van der Waals surface area contributed by atoms with Crippen LogP contribution in [-0.2, 0) is 15.9 Å². The SMILES string of the molecule is COCCCOCCOc1cc(F)cc(CCN)c1. The van der Waals surface area contributed by atoms with Crippen molar-refractivity contribution in [1.29, 1.82) is 0 Å². The largest absolute Gasteiger partial charge is 0.491 e. The summed E-state index contributed by atoms with van der Waals surface area (Å²) in [5.41, 5.74) is 6.29. The van der Waals surface area contributed by atoms with E-state index in [0.29, 0.717) is 45.1 Å². The second-order valence-corrected chi connectivity index (χ2v) is 4.14. The molecule has 0 saturated carbocycles. The Bertz CT molecular complexity index is 361. The van der Waals surface area contributed by atoms with Gasteiger partial charge >= 0.3 is 0 Å². The first-order valence-corrected chi connectivity index (χ1v) is 6.45. The van der Waals surface area contributed by atoms with Crippen molar-refractivity contribution in [2.24, 2.45) is 5.73 Å². The summed E-state index contributed by atoms with van der Waals surface area (Å²) in [6.45, 7) is 2.70. The molecule has 1 aromatic rings. The van der Waals surface area contributed by atoms with E-state index in [0.717, 1.165) is 12.0 Å². The highest BCUT2D eigenvalue weighted by Crippen LogP contribution is 2.16. The molecule has 108 valence electrons. The molecule has 0 bridgehead atoms. The Hall–Kier alpha value is -1.17. The first kappa shape index (κ1) is 15.9. The third kappa shape index (κ3) is 7.10. The zero-order valence-corrected chi connectivity index (χ0v) is 11.4. The van der Waals surface area contributed by atoms with Crippen LogP contribution in [0.5, 0.6) is 5.75 Å². The maximum atomic E-state index is 13.3. The number of ether oxygens (including phenoxy) is 3. The molecule has 2 N–H and O–H groups in total. The van der Waals surface area contributed by atoms with E-state index in [1.807, 2.05) is 0 Å². The van der Waals surface area contributed by atoms with Gasteiger partial charge in [-0.05, 0) is 37.1 Å². The van der Waals surface area contributed by atoms with Crippen molar-refractivity contribution in [3.63, 3.8) is 0 Å². The minimum atomic E-state index is -0.304. The molecule has 0 unspecified atom stereocenters. The van der Waals surface area contributed by atoms with Crippen LogP contribution in [0.4, 0.5) is 4.39 Å². The Kier molecular flexibility index (Phi) is 8.13. The lowest BCUT2D eigenvalue weighted by molar-refractivity contribution is 0.0805. The highest BCUT2D eigenvalue weighted by Gasteiger charge is 2.01. The summed E-state index contributed by atoms with van der Waals surface area (Å²) in [5, 5.41) is 0. The van der Waals surface area contributed by atoms with Crippen LogP contribution >= 0.6 is 0 Å². The summed E-state index contributed by atoms with van der Waals surface area (Å²) in [5.74, 6) is 0.214. The number of hydrogen-bond donors (Lipinski definition) is 1. The molecule has 0 aliphatic carbocycles. The van der Waals surface area contributed by atoms with Gasteiger partial charge in [0.05, 0.1) is 6.61 Å². The van der Waals surface area contributed by atoms with Gasteiger partial charge in [0.1, 0.15) is 18.2 Å². The molecule has 1 rings (SSSR count). The number of rotatable bonds is 10. The Morgan fingerprint density at radius 1 is 1.11 bits per heavy atom. The molecule has 0 heterocycles. The molecule has 0 amide bonds. The van der Waals surface area contributed by atoms with E-state index in [1.54, 1.807) is 13.2 Å². The van der Waals surface area contributed by atoms with Crippen LogP contribution in [0.3, 0.4) is 0 Å². The zero-order chi connectivity index (χ0) is 13.9. The summed E-state index contributed by atoms with van der Waals surface area (Å²) in [6.07, 6.45) is 1.50. The molecule has 0 radical (unpaired) electrons. The highest BCUT2D eigenvalue weighted by molar-refractivity contribution is 5.29. The highest BCUT2D eigenvalue weighted by atomic mass is 19.1. The third-order valence-electron chi connectivity index (χ3n) is 2.50. The monoisotopic (exact) mass is 271 g/mol. The number of nitrogens with two attached hydrogens (primary N) is 1. The van der Waals surface area contributed by atoms with Crippen molar-refractivity contribution < 1.29 is 18.6 Å². The zero-order valence-electron chi connectivity index (χ0n) is 11.4. The Morgan fingerprint density at radius 3 is 2.68 bits per heavy atom. The van der Waals surface area contributed by atoms with E-state index >= 15 is 0 Å². The Labute approximate surface area is 113 Å². The van der Waals surface area contributed by atoms with Crippen LogP contribution in [0, 0.1) is 5.82 Å². The molecule has 1 aromatic carbocycles. The molecular formula is C14H22FNO3. The number of benzene rings is 1. The average Bonchev–Trinajstić information content (AvgIpc) is 2.37. The predicted molar refractivity (Wildman–Crippen MR) is 72.0 cm³/mol. The standard InChI is InChI=1S/C14H22FNO3/c1-17-5-2-6-18-7-8-19-14-10-12(3-4-16)9-13(15)11-14/h9-11H,2-8,16H2,1H3. The summed E-state index contributed by atoms with van der Waals surface area (Å²) >= 11 is 0. The smallest absolute Gasteiger partial charge is 0.127 e. The minimum absolute atomic E-state index is 0.304. The molecule has 0 aromatic heterocycles. The van der Waals surface area contributed by atoms with Gasteiger partial charge < -0.3 is 19.9 Å². The molecule has 0 aliphatic rings. The Balaban J connectivity index is 2.25. The summed E-state index contributed by atoms with van der Waals surface area (Å²) in [6, 6.07) is 4.65. The van der Waals surface area contributed by atoms with Crippen molar-refractivity contribution in [1.82, 2.24) is 0 Å². The van der Waals surface area contributed by atoms with E-state index in [1.165, 1.54) is 12.1 Å². The predicted octanol–water partition coefficient (Wildman–Crippen LogP) is 1.76. The minimum Gasteiger partial charge on any atom is -0.491 e. The number of halogens is 1. The van der Waals surface area contributed by atoms with Crippen molar-refractivity contribution in [2.45, 2.75) is 12.8 Å². The van der Waals surface area contributed by atoms with Crippen molar-refractivity contribution >= 4 is 0 Å². The lowest BCUT2D eigenvalue weighted by Crippen LogP contribution is -2.09. The van der Waals surface area contributed by atoms with Crippen molar-refractivity contribution in [3.05, 3.63) is 29.6 Å². The van der Waals surface area contributed by atoms with E-state index < -0.39 is 0 Å². The maximum absolute atomic E-state index is 13.3. The van der Waals surface area contributed by atoms with E-state index in [2.05, 4.69) is 0 Å². The van der Waals surface area contributed by atoms with Gasteiger partial charge in [0, 0.05) is 26.4 Å². The lowest BCUT2D eigenvalue weighted by atomic mass is 10.1. The summed E-state index contributed by atoms with van der Waals surface area (Å²) < 4.78 is 29.0. The number of hydrogen-bond acceptors (Lipinski definition) is 4. The van der Waals surface area contributed by atoms with Crippen molar-refractivity contribution in [3.8, 4) is 5.75 Å². The third-order valence-corrected chi connectivity index (χ3v) is 2.50. The van der Waals surface area contributed by atoms with Crippen molar-refractivity contribution in [2.75, 3.05) is 40.1 Å². The van der Waals surface area contributed by atoms with Crippen LogP contribution < -0.4 is 10.5 Å². The van der Waals surface area contributed by atoms with Crippen LogP contribution in [0.2, 0.25) is 0 Å². The molecular weight excluding hydrogens is 249 g/mol. The summed E-state index contributed by atoms with van der Waals surface area (Å²) in [7, 11) is 1.66. The summed E-state index contributed by atoms with van der Waals surface area (Å²) in [4.78, 5) is 0. The van der Waals surface area contributed by atoms with E-state index in [9.17, 15) is 4.39 Å². The van der Waals surface area contributed by atoms with Crippen LogP contribution in [0.1, 0.15) is 12.0 Å². The van der Waals surface area contributed by atoms with Crippen LogP contribution in [0.25, 0.3) is 0 Å². The molecule has 5 heteroatoms. The topological polar surface area (TPSA) is 53.7 Å². The molecule has 0 saturated heterocycles. The van der Waals surface area contributed by atoms with Gasteiger partial charge in [0.2, 0.25) is 0 Å². The average molecular weight is 271 g/mol. The van der Waals surface area contributed by atoms with Gasteiger partial charge in [-0.15, -0.1) is 0 Å². The quantitative estimate of drug-likeness (QED) is 0.659. The maximum Gasteiger partial charge on any atom is 0.127 e. The normalized spacial score (nSPS) is 10.7. The second kappa shape index (κ2) is 9.72. The van der Waals surface area contributed by atoms with Gasteiger partial charge in [-0.3, -0.25) is 0 Å². The van der Waals surface area contributed by atoms with Gasteiger partial charge in [0.25, 0.3) is 0 Å². The van der Waals surface area contributed by atoms with Crippen LogP contribution in [0.15, 0.2) is 18.2 Å². The molecule has 0 aliphatic heterocycles. The van der Waals surface area contributed by atoms with Gasteiger partial charge in [-0.25, -0.2) is 4.39 Å². The number of methoxy groups -OCH3 is 1. The van der Waals surface area contributed by atoms with E-state index in [-0.39, 0.29) is 5.82 Å². The second-order valence-electron chi connectivity index (χ2n) is 4.14. The fourth-order valence-corrected chi connectivity index (χ4v) is 1.64. The van der Waals surface area contributed by atoms with Gasteiger partial charge in [0.15, 0.2) is 0 Å². The first-order chi connectivity index (χ1) is 9.26. The van der Waals surface area contributed by atoms with Gasteiger partial charge in [-0.2, -0.15) is 0 Å². The molecule has 19 heavy (non-hydrogen) atoms. The molecule has 0 atom stereocenters. The Morgan fingerprint density at radius 2 is 1.95 bits per heavy atom. The van der Waals surface area contributed by atoms with E-state index in [4.69, 9.17) is 19.9 Å². The molecule has 0 fully saturated rings. The van der Waals surface area contributed by atoms with Gasteiger partial charge in [-0.1, -0.05) is 0 Å². The molecule has 4 nitrogen and oxygen atoms in total. The molecule has 0 spiro atoms. The lowest BCUT2D eigenvalue weighted by Gasteiger charge is -2.09. The van der Waals surface area contributed by atoms with Crippen LogP contribution in [-0.4, -0.2) is 40.1 Å². The fourth-order valence-electron chi connectivity index (χ4n) is 1.64. The fraction of sp³-hybridized carbons (Fsp3) is 0.571.